The number of carbonyl (C=O) groups excluding carboxylic acids is 1. The second kappa shape index (κ2) is 5.01. The number of benzene rings is 1. The van der Waals surface area contributed by atoms with Gasteiger partial charge in [-0.15, -0.1) is 0 Å². The van der Waals surface area contributed by atoms with E-state index >= 15 is 0 Å². The molecular formula is C11H11F2IO. The van der Waals surface area contributed by atoms with Crippen molar-refractivity contribution in [2.75, 3.05) is 0 Å². The molecule has 82 valence electrons. The molecule has 0 saturated heterocycles. The fourth-order valence-corrected chi connectivity index (χ4v) is 2.53. The number of halogens is 3. The molecule has 0 bridgehead atoms. The van der Waals surface area contributed by atoms with Crippen molar-refractivity contribution in [2.45, 2.75) is 26.7 Å². The molecule has 1 rings (SSSR count). The van der Waals surface area contributed by atoms with Crippen molar-refractivity contribution in [3.63, 3.8) is 0 Å². The van der Waals surface area contributed by atoms with E-state index in [1.807, 2.05) is 29.5 Å². The van der Waals surface area contributed by atoms with Gasteiger partial charge in [0.25, 0.3) is 6.43 Å². The van der Waals surface area contributed by atoms with Crippen LogP contribution >= 0.6 is 22.6 Å². The molecule has 0 fully saturated rings. The second-order valence-electron chi connectivity index (χ2n) is 3.25. The van der Waals surface area contributed by atoms with Crippen LogP contribution in [0.2, 0.25) is 0 Å². The summed E-state index contributed by atoms with van der Waals surface area (Å²) in [5.74, 6) is -0.308. The third kappa shape index (κ3) is 2.74. The summed E-state index contributed by atoms with van der Waals surface area (Å²) in [6.45, 7) is 3.21. The lowest BCUT2D eigenvalue weighted by atomic mass is 10.0. The topological polar surface area (TPSA) is 17.1 Å². The number of hydrogen-bond acceptors (Lipinski definition) is 1. The molecule has 0 aromatic heterocycles. The number of Topliss-reactive ketones (excluding diaryl/α,β-unsaturated/α-hetero) is 1. The van der Waals surface area contributed by atoms with Gasteiger partial charge < -0.3 is 0 Å². The Morgan fingerprint density at radius 3 is 2.47 bits per heavy atom. The Kier molecular flexibility index (Phi) is 4.19. The van der Waals surface area contributed by atoms with E-state index < -0.39 is 6.43 Å². The first-order valence-corrected chi connectivity index (χ1v) is 5.66. The SMILES string of the molecule is CCc1cc(I)c(C(C)=O)c(C(F)F)c1. The summed E-state index contributed by atoms with van der Waals surface area (Å²) < 4.78 is 26.1. The Labute approximate surface area is 101 Å². The van der Waals surface area contributed by atoms with Crippen LogP contribution in [-0.2, 0) is 6.42 Å². The maximum atomic E-state index is 12.7. The van der Waals surface area contributed by atoms with Crippen molar-refractivity contribution in [2.24, 2.45) is 0 Å². The molecular weight excluding hydrogens is 313 g/mol. The fraction of sp³-hybridized carbons (Fsp3) is 0.364. The Morgan fingerprint density at radius 2 is 2.07 bits per heavy atom. The van der Waals surface area contributed by atoms with Gasteiger partial charge in [0.15, 0.2) is 5.78 Å². The van der Waals surface area contributed by atoms with Crippen LogP contribution in [0.15, 0.2) is 12.1 Å². The van der Waals surface area contributed by atoms with Crippen molar-refractivity contribution in [1.29, 1.82) is 0 Å². The van der Waals surface area contributed by atoms with Crippen LogP contribution in [-0.4, -0.2) is 5.78 Å². The van der Waals surface area contributed by atoms with Gasteiger partial charge in [0.2, 0.25) is 0 Å². The molecule has 0 N–H and O–H groups in total. The van der Waals surface area contributed by atoms with Crippen LogP contribution in [0.5, 0.6) is 0 Å². The molecule has 0 atom stereocenters. The summed E-state index contributed by atoms with van der Waals surface area (Å²) in [4.78, 5) is 11.3. The largest absolute Gasteiger partial charge is 0.294 e. The smallest absolute Gasteiger partial charge is 0.264 e. The van der Waals surface area contributed by atoms with E-state index in [9.17, 15) is 13.6 Å². The Balaban J connectivity index is 3.42. The van der Waals surface area contributed by atoms with E-state index in [2.05, 4.69) is 0 Å². The van der Waals surface area contributed by atoms with E-state index in [1.165, 1.54) is 13.0 Å². The summed E-state index contributed by atoms with van der Waals surface area (Å²) in [5.41, 5.74) is 0.841. The fourth-order valence-electron chi connectivity index (χ4n) is 1.43. The highest BCUT2D eigenvalue weighted by molar-refractivity contribution is 14.1. The minimum atomic E-state index is -2.59. The highest BCUT2D eigenvalue weighted by atomic mass is 127. The van der Waals surface area contributed by atoms with Crippen molar-refractivity contribution in [3.8, 4) is 0 Å². The minimum absolute atomic E-state index is 0.147. The predicted octanol–water partition coefficient (Wildman–Crippen LogP) is 3.99. The number of carbonyl (C=O) groups is 1. The van der Waals surface area contributed by atoms with Gasteiger partial charge in [-0.25, -0.2) is 8.78 Å². The second-order valence-corrected chi connectivity index (χ2v) is 4.41. The zero-order valence-corrected chi connectivity index (χ0v) is 10.6. The molecule has 0 unspecified atom stereocenters. The van der Waals surface area contributed by atoms with Crippen molar-refractivity contribution in [1.82, 2.24) is 0 Å². The quantitative estimate of drug-likeness (QED) is 0.607. The molecule has 4 heteroatoms. The zero-order valence-electron chi connectivity index (χ0n) is 8.48. The van der Waals surface area contributed by atoms with Gasteiger partial charge >= 0.3 is 0 Å². The van der Waals surface area contributed by atoms with Crippen LogP contribution in [0.3, 0.4) is 0 Å². The first kappa shape index (κ1) is 12.5. The third-order valence-electron chi connectivity index (χ3n) is 2.18. The summed E-state index contributed by atoms with van der Waals surface area (Å²) in [6.07, 6.45) is -1.91. The highest BCUT2D eigenvalue weighted by Gasteiger charge is 2.19. The average molecular weight is 324 g/mol. The van der Waals surface area contributed by atoms with Gasteiger partial charge in [-0.2, -0.15) is 0 Å². The summed E-state index contributed by atoms with van der Waals surface area (Å²) in [7, 11) is 0. The molecule has 0 amide bonds. The maximum Gasteiger partial charge on any atom is 0.264 e. The van der Waals surface area contributed by atoms with E-state index in [0.717, 1.165) is 5.56 Å². The van der Waals surface area contributed by atoms with Crippen molar-refractivity contribution in [3.05, 3.63) is 32.4 Å². The molecule has 1 aromatic carbocycles. The summed E-state index contributed by atoms with van der Waals surface area (Å²) in [5, 5.41) is 0. The van der Waals surface area contributed by atoms with E-state index in [0.29, 0.717) is 9.99 Å². The molecule has 1 aromatic rings. The number of rotatable bonds is 3. The van der Waals surface area contributed by atoms with Crippen molar-refractivity contribution < 1.29 is 13.6 Å². The monoisotopic (exact) mass is 324 g/mol. The lowest BCUT2D eigenvalue weighted by Crippen LogP contribution is -2.04. The van der Waals surface area contributed by atoms with Gasteiger partial charge in [0.1, 0.15) is 0 Å². The number of alkyl halides is 2. The first-order chi connectivity index (χ1) is 6.97. The molecule has 15 heavy (non-hydrogen) atoms. The molecule has 0 aliphatic rings. The highest BCUT2D eigenvalue weighted by Crippen LogP contribution is 2.28. The van der Waals surface area contributed by atoms with Crippen LogP contribution in [0, 0.1) is 3.57 Å². The van der Waals surface area contributed by atoms with Crippen LogP contribution in [0.1, 0.15) is 41.8 Å². The molecule has 0 heterocycles. The minimum Gasteiger partial charge on any atom is -0.294 e. The van der Waals surface area contributed by atoms with Crippen molar-refractivity contribution >= 4 is 28.4 Å². The molecule has 1 nitrogen and oxygen atoms in total. The van der Waals surface area contributed by atoms with Gasteiger partial charge in [-0.3, -0.25) is 4.79 Å². The van der Waals surface area contributed by atoms with E-state index in [-0.39, 0.29) is 16.9 Å². The molecule has 0 spiro atoms. The normalized spacial score (nSPS) is 10.8. The third-order valence-corrected chi connectivity index (χ3v) is 3.03. The number of aryl methyl sites for hydroxylation is 1. The summed E-state index contributed by atoms with van der Waals surface area (Å²) >= 11 is 1.93. The van der Waals surface area contributed by atoms with Gasteiger partial charge in [0.05, 0.1) is 0 Å². The van der Waals surface area contributed by atoms with Gasteiger partial charge in [-0.05, 0) is 53.6 Å². The lowest BCUT2D eigenvalue weighted by Gasteiger charge is -2.10. The summed E-state index contributed by atoms with van der Waals surface area (Å²) in [6, 6.07) is 3.20. The van der Waals surface area contributed by atoms with Crippen LogP contribution < -0.4 is 0 Å². The van der Waals surface area contributed by atoms with E-state index in [1.54, 1.807) is 6.07 Å². The maximum absolute atomic E-state index is 12.7. The number of ketones is 1. The lowest BCUT2D eigenvalue weighted by molar-refractivity contribution is 0.0998. The molecule has 0 radical (unpaired) electrons. The molecule has 0 saturated carbocycles. The zero-order chi connectivity index (χ0) is 11.6. The Hall–Kier alpha value is -0.520. The first-order valence-electron chi connectivity index (χ1n) is 4.58. The standard InChI is InChI=1S/C11H11F2IO/c1-3-7-4-8(11(12)13)10(6(2)15)9(14)5-7/h4-5,11H,3H2,1-2H3. The van der Waals surface area contributed by atoms with Crippen LogP contribution in [0.25, 0.3) is 0 Å². The van der Waals surface area contributed by atoms with Gasteiger partial charge in [-0.1, -0.05) is 6.92 Å². The van der Waals surface area contributed by atoms with Crippen LogP contribution in [0.4, 0.5) is 8.78 Å². The predicted molar refractivity (Wildman–Crippen MR) is 63.5 cm³/mol. The molecule has 0 aliphatic heterocycles. The van der Waals surface area contributed by atoms with Gasteiger partial charge in [0, 0.05) is 14.7 Å². The number of hydrogen-bond donors (Lipinski definition) is 0. The molecule has 0 aliphatic carbocycles. The average Bonchev–Trinajstić information content (AvgIpc) is 2.15. The van der Waals surface area contributed by atoms with E-state index in [4.69, 9.17) is 0 Å². The Morgan fingerprint density at radius 1 is 1.47 bits per heavy atom. The Bertz CT molecular complexity index is 388.